The Kier molecular flexibility index (Phi) is 6.96. The van der Waals surface area contributed by atoms with Crippen molar-refractivity contribution in [1.29, 1.82) is 0 Å². The predicted molar refractivity (Wildman–Crippen MR) is 110 cm³/mol. The first-order chi connectivity index (χ1) is 13.0. The lowest BCUT2D eigenvalue weighted by atomic mass is 10.2. The Labute approximate surface area is 169 Å². The zero-order chi connectivity index (χ0) is 19.2. The van der Waals surface area contributed by atoms with Gasteiger partial charge in [0.2, 0.25) is 5.91 Å². The number of rotatable bonds is 6. The lowest BCUT2D eigenvalue weighted by Crippen LogP contribution is -2.48. The lowest BCUT2D eigenvalue weighted by Gasteiger charge is -2.34. The fourth-order valence-corrected chi connectivity index (χ4v) is 3.63. The highest BCUT2D eigenvalue weighted by Gasteiger charge is 2.20. The van der Waals surface area contributed by atoms with E-state index in [0.29, 0.717) is 16.6 Å². The van der Waals surface area contributed by atoms with Crippen molar-refractivity contribution < 1.29 is 9.53 Å². The number of carbonyl (C=O) groups is 1. The molecule has 1 aliphatic rings. The van der Waals surface area contributed by atoms with Crippen LogP contribution >= 0.6 is 23.2 Å². The summed E-state index contributed by atoms with van der Waals surface area (Å²) in [5, 5.41) is 4.31. The number of carbonyl (C=O) groups excluding carboxylic acids is 1. The molecular formula is C20H23Cl2N3O2. The number of benzene rings is 2. The summed E-state index contributed by atoms with van der Waals surface area (Å²) in [6, 6.07) is 12.9. The Morgan fingerprint density at radius 3 is 2.33 bits per heavy atom. The third kappa shape index (κ3) is 5.59. The molecule has 1 aliphatic heterocycles. The van der Waals surface area contributed by atoms with Crippen LogP contribution in [-0.2, 0) is 11.3 Å². The Bertz CT molecular complexity index is 772. The van der Waals surface area contributed by atoms with Gasteiger partial charge in [-0.3, -0.25) is 14.6 Å². The van der Waals surface area contributed by atoms with Crippen LogP contribution in [0.1, 0.15) is 5.56 Å². The minimum Gasteiger partial charge on any atom is -0.497 e. The molecule has 1 fully saturated rings. The SMILES string of the molecule is COc1cccc(NC(=O)CN2CCN(Cc3c(Cl)cccc3Cl)CC2)c1. The fraction of sp³-hybridized carbons (Fsp3) is 0.350. The molecule has 144 valence electrons. The van der Waals surface area contributed by atoms with Crippen LogP contribution in [0.2, 0.25) is 10.0 Å². The van der Waals surface area contributed by atoms with Gasteiger partial charge in [-0.2, -0.15) is 0 Å². The van der Waals surface area contributed by atoms with Crippen molar-refractivity contribution in [3.63, 3.8) is 0 Å². The van der Waals surface area contributed by atoms with Gasteiger partial charge in [0.1, 0.15) is 5.75 Å². The monoisotopic (exact) mass is 407 g/mol. The van der Waals surface area contributed by atoms with Crippen LogP contribution in [0, 0.1) is 0 Å². The molecule has 0 atom stereocenters. The topological polar surface area (TPSA) is 44.8 Å². The van der Waals surface area contributed by atoms with E-state index in [9.17, 15) is 4.79 Å². The van der Waals surface area contributed by atoms with Gasteiger partial charge >= 0.3 is 0 Å². The average Bonchev–Trinajstić information content (AvgIpc) is 2.66. The standard InChI is InChI=1S/C20H23Cl2N3O2/c1-27-16-5-2-4-15(12-16)23-20(26)14-25-10-8-24(9-11-25)13-17-18(21)6-3-7-19(17)22/h2-7,12H,8-11,13-14H2,1H3,(H,23,26). The summed E-state index contributed by atoms with van der Waals surface area (Å²) in [6.07, 6.45) is 0. The normalized spacial score (nSPS) is 15.5. The minimum absolute atomic E-state index is 0.0224. The summed E-state index contributed by atoms with van der Waals surface area (Å²) in [6.45, 7) is 4.49. The van der Waals surface area contributed by atoms with E-state index in [1.165, 1.54) is 0 Å². The maximum absolute atomic E-state index is 12.3. The van der Waals surface area contributed by atoms with Gasteiger partial charge in [0, 0.05) is 60.1 Å². The number of methoxy groups -OCH3 is 1. The van der Waals surface area contributed by atoms with E-state index in [1.807, 2.05) is 42.5 Å². The summed E-state index contributed by atoms with van der Waals surface area (Å²) in [7, 11) is 1.61. The first kappa shape index (κ1) is 20.0. The molecule has 1 amide bonds. The Morgan fingerprint density at radius 1 is 1.04 bits per heavy atom. The molecule has 1 heterocycles. The van der Waals surface area contributed by atoms with Crippen LogP contribution < -0.4 is 10.1 Å². The Morgan fingerprint density at radius 2 is 1.67 bits per heavy atom. The highest BCUT2D eigenvalue weighted by atomic mass is 35.5. The van der Waals surface area contributed by atoms with Crippen LogP contribution in [0.3, 0.4) is 0 Å². The van der Waals surface area contributed by atoms with Crippen molar-refractivity contribution in [3.8, 4) is 5.75 Å². The van der Waals surface area contributed by atoms with Crippen LogP contribution in [0.5, 0.6) is 5.75 Å². The van der Waals surface area contributed by atoms with Crippen molar-refractivity contribution in [2.75, 3.05) is 45.2 Å². The van der Waals surface area contributed by atoms with E-state index in [-0.39, 0.29) is 5.91 Å². The van der Waals surface area contributed by atoms with Crippen LogP contribution in [0.15, 0.2) is 42.5 Å². The number of hydrogen-bond acceptors (Lipinski definition) is 4. The van der Waals surface area contributed by atoms with Crippen LogP contribution in [0.4, 0.5) is 5.69 Å². The third-order valence-corrected chi connectivity index (χ3v) is 5.34. The van der Waals surface area contributed by atoms with E-state index in [2.05, 4.69) is 15.1 Å². The zero-order valence-corrected chi connectivity index (χ0v) is 16.8. The van der Waals surface area contributed by atoms with Gasteiger partial charge in [-0.1, -0.05) is 35.3 Å². The molecule has 1 N–H and O–H groups in total. The molecule has 0 spiro atoms. The lowest BCUT2D eigenvalue weighted by molar-refractivity contribution is -0.117. The number of anilines is 1. The number of nitrogens with zero attached hydrogens (tertiary/aromatic N) is 2. The van der Waals surface area contributed by atoms with Crippen molar-refractivity contribution in [1.82, 2.24) is 9.80 Å². The molecule has 7 heteroatoms. The molecule has 0 bridgehead atoms. The molecule has 0 radical (unpaired) electrons. The number of halogens is 2. The average molecular weight is 408 g/mol. The molecule has 5 nitrogen and oxygen atoms in total. The van der Waals surface area contributed by atoms with E-state index in [0.717, 1.165) is 49.7 Å². The number of nitrogens with one attached hydrogen (secondary N) is 1. The quantitative estimate of drug-likeness (QED) is 0.791. The summed E-state index contributed by atoms with van der Waals surface area (Å²) in [5.74, 6) is 0.700. The summed E-state index contributed by atoms with van der Waals surface area (Å²) >= 11 is 12.5. The minimum atomic E-state index is -0.0224. The molecule has 2 aromatic carbocycles. The first-order valence-electron chi connectivity index (χ1n) is 8.86. The largest absolute Gasteiger partial charge is 0.497 e. The van der Waals surface area contributed by atoms with Crippen LogP contribution in [0.25, 0.3) is 0 Å². The first-order valence-corrected chi connectivity index (χ1v) is 9.62. The maximum atomic E-state index is 12.3. The summed E-state index contributed by atoms with van der Waals surface area (Å²) in [5.41, 5.74) is 1.70. The van der Waals surface area contributed by atoms with E-state index in [4.69, 9.17) is 27.9 Å². The number of amides is 1. The second-order valence-electron chi connectivity index (χ2n) is 6.53. The molecular weight excluding hydrogens is 385 g/mol. The van der Waals surface area contributed by atoms with E-state index < -0.39 is 0 Å². The predicted octanol–water partition coefficient (Wildman–Crippen LogP) is 3.76. The smallest absolute Gasteiger partial charge is 0.238 e. The molecule has 27 heavy (non-hydrogen) atoms. The van der Waals surface area contributed by atoms with Gasteiger partial charge in [-0.15, -0.1) is 0 Å². The summed E-state index contributed by atoms with van der Waals surface area (Å²) in [4.78, 5) is 16.8. The second kappa shape index (κ2) is 9.42. The molecule has 0 aromatic heterocycles. The highest BCUT2D eigenvalue weighted by Crippen LogP contribution is 2.26. The van der Waals surface area contributed by atoms with Crippen LogP contribution in [-0.4, -0.2) is 55.5 Å². The molecule has 0 saturated carbocycles. The molecule has 1 saturated heterocycles. The molecule has 3 rings (SSSR count). The fourth-order valence-electron chi connectivity index (χ4n) is 3.12. The van der Waals surface area contributed by atoms with Gasteiger partial charge in [-0.05, 0) is 24.3 Å². The van der Waals surface area contributed by atoms with Gasteiger partial charge in [0.15, 0.2) is 0 Å². The van der Waals surface area contributed by atoms with Gasteiger partial charge in [-0.25, -0.2) is 0 Å². The zero-order valence-electron chi connectivity index (χ0n) is 15.3. The maximum Gasteiger partial charge on any atom is 0.238 e. The third-order valence-electron chi connectivity index (χ3n) is 4.63. The van der Waals surface area contributed by atoms with Crippen molar-refractivity contribution >= 4 is 34.8 Å². The van der Waals surface area contributed by atoms with Crippen molar-refractivity contribution in [2.24, 2.45) is 0 Å². The van der Waals surface area contributed by atoms with E-state index in [1.54, 1.807) is 7.11 Å². The highest BCUT2D eigenvalue weighted by molar-refractivity contribution is 6.35. The van der Waals surface area contributed by atoms with E-state index >= 15 is 0 Å². The molecule has 0 aliphatic carbocycles. The molecule has 0 unspecified atom stereocenters. The number of hydrogen-bond donors (Lipinski definition) is 1. The Hall–Kier alpha value is -1.79. The molecule has 2 aromatic rings. The number of piperazine rings is 1. The summed E-state index contributed by atoms with van der Waals surface area (Å²) < 4.78 is 5.18. The van der Waals surface area contributed by atoms with Crippen molar-refractivity contribution in [2.45, 2.75) is 6.54 Å². The van der Waals surface area contributed by atoms with Crippen molar-refractivity contribution in [3.05, 3.63) is 58.1 Å². The van der Waals surface area contributed by atoms with Gasteiger partial charge in [0.05, 0.1) is 13.7 Å². The van der Waals surface area contributed by atoms with Gasteiger partial charge < -0.3 is 10.1 Å². The Balaban J connectivity index is 1.47. The number of ether oxygens (including phenoxy) is 1. The second-order valence-corrected chi connectivity index (χ2v) is 7.35. The van der Waals surface area contributed by atoms with Gasteiger partial charge in [0.25, 0.3) is 0 Å².